The lowest BCUT2D eigenvalue weighted by Crippen LogP contribution is -2.10. The Kier molecular flexibility index (Phi) is 2.60. The molecule has 17 heavy (non-hydrogen) atoms. The molecule has 0 fully saturated rings. The SMILES string of the molecule is Cc1c(C#N)c2ccc(N(C)C)cc2oc1=O. The number of benzene rings is 1. The molecular weight excluding hydrogens is 216 g/mol. The van der Waals surface area contributed by atoms with Gasteiger partial charge in [-0.15, -0.1) is 0 Å². The first-order chi connectivity index (χ1) is 8.04. The van der Waals surface area contributed by atoms with E-state index in [9.17, 15) is 4.79 Å². The average Bonchev–Trinajstić information content (AvgIpc) is 2.30. The molecule has 4 heteroatoms. The Hall–Kier alpha value is -2.28. The fourth-order valence-corrected chi connectivity index (χ4v) is 1.70. The van der Waals surface area contributed by atoms with Gasteiger partial charge in [0.2, 0.25) is 0 Å². The molecule has 0 unspecified atom stereocenters. The predicted molar refractivity (Wildman–Crippen MR) is 66.3 cm³/mol. The van der Waals surface area contributed by atoms with Gasteiger partial charge >= 0.3 is 5.63 Å². The summed E-state index contributed by atoms with van der Waals surface area (Å²) >= 11 is 0. The van der Waals surface area contributed by atoms with Crippen molar-refractivity contribution in [3.63, 3.8) is 0 Å². The Labute approximate surface area is 98.7 Å². The first-order valence-corrected chi connectivity index (χ1v) is 5.19. The van der Waals surface area contributed by atoms with Crippen LogP contribution in [0.4, 0.5) is 5.69 Å². The molecule has 1 aromatic heterocycles. The number of rotatable bonds is 1. The zero-order valence-corrected chi connectivity index (χ0v) is 9.94. The van der Waals surface area contributed by atoms with Crippen molar-refractivity contribution in [3.8, 4) is 6.07 Å². The van der Waals surface area contributed by atoms with Gasteiger partial charge in [0.05, 0.1) is 11.1 Å². The molecule has 0 bridgehead atoms. The van der Waals surface area contributed by atoms with E-state index in [0.717, 1.165) is 5.69 Å². The number of fused-ring (bicyclic) bond motifs is 1. The standard InChI is InChI=1S/C13H12N2O2/c1-8-11(7-14)10-5-4-9(15(2)3)6-12(10)17-13(8)16/h4-6H,1-3H3. The second-order valence-corrected chi connectivity index (χ2v) is 4.08. The Bertz CT molecular complexity index is 678. The summed E-state index contributed by atoms with van der Waals surface area (Å²) in [6.45, 7) is 1.60. The minimum atomic E-state index is -0.454. The molecule has 0 atom stereocenters. The maximum absolute atomic E-state index is 11.6. The van der Waals surface area contributed by atoms with E-state index in [4.69, 9.17) is 9.68 Å². The van der Waals surface area contributed by atoms with Crippen LogP contribution in [0.5, 0.6) is 0 Å². The predicted octanol–water partition coefficient (Wildman–Crippen LogP) is 2.04. The van der Waals surface area contributed by atoms with Gasteiger partial charge in [0.1, 0.15) is 11.7 Å². The zero-order chi connectivity index (χ0) is 12.6. The van der Waals surface area contributed by atoms with E-state index >= 15 is 0 Å². The summed E-state index contributed by atoms with van der Waals surface area (Å²) in [5.41, 5.74) is 1.67. The van der Waals surface area contributed by atoms with Crippen LogP contribution < -0.4 is 10.5 Å². The lowest BCUT2D eigenvalue weighted by atomic mass is 10.1. The number of hydrogen-bond acceptors (Lipinski definition) is 4. The second kappa shape index (κ2) is 3.95. The van der Waals surface area contributed by atoms with E-state index in [0.29, 0.717) is 22.1 Å². The van der Waals surface area contributed by atoms with Gasteiger partial charge in [0.25, 0.3) is 0 Å². The normalized spacial score (nSPS) is 10.2. The first kappa shape index (κ1) is 11.2. The van der Waals surface area contributed by atoms with Crippen molar-refractivity contribution in [1.29, 1.82) is 5.26 Å². The minimum absolute atomic E-state index is 0.359. The molecule has 0 saturated carbocycles. The van der Waals surface area contributed by atoms with Crippen molar-refractivity contribution in [3.05, 3.63) is 39.7 Å². The van der Waals surface area contributed by atoms with Gasteiger partial charge in [-0.1, -0.05) is 0 Å². The lowest BCUT2D eigenvalue weighted by molar-refractivity contribution is 0.554. The van der Waals surface area contributed by atoms with E-state index in [-0.39, 0.29) is 0 Å². The monoisotopic (exact) mass is 228 g/mol. The first-order valence-electron chi connectivity index (χ1n) is 5.19. The van der Waals surface area contributed by atoms with Crippen molar-refractivity contribution in [2.24, 2.45) is 0 Å². The van der Waals surface area contributed by atoms with E-state index in [2.05, 4.69) is 6.07 Å². The molecule has 0 N–H and O–H groups in total. The molecule has 1 heterocycles. The molecule has 0 saturated heterocycles. The maximum Gasteiger partial charge on any atom is 0.340 e. The Morgan fingerprint density at radius 2 is 2.06 bits per heavy atom. The van der Waals surface area contributed by atoms with Gasteiger partial charge in [0.15, 0.2) is 0 Å². The third kappa shape index (κ3) is 1.76. The topological polar surface area (TPSA) is 57.2 Å². The molecule has 4 nitrogen and oxygen atoms in total. The van der Waals surface area contributed by atoms with Crippen LogP contribution in [0.25, 0.3) is 11.0 Å². The molecular formula is C13H12N2O2. The van der Waals surface area contributed by atoms with E-state index in [1.54, 1.807) is 19.1 Å². The lowest BCUT2D eigenvalue weighted by Gasteiger charge is -2.12. The fraction of sp³-hybridized carbons (Fsp3) is 0.231. The largest absolute Gasteiger partial charge is 0.422 e. The molecule has 0 spiro atoms. The van der Waals surface area contributed by atoms with Crippen molar-refractivity contribution in [1.82, 2.24) is 0 Å². The van der Waals surface area contributed by atoms with Crippen LogP contribution >= 0.6 is 0 Å². The highest BCUT2D eigenvalue weighted by Crippen LogP contribution is 2.23. The highest BCUT2D eigenvalue weighted by Gasteiger charge is 2.11. The zero-order valence-electron chi connectivity index (χ0n) is 9.94. The summed E-state index contributed by atoms with van der Waals surface area (Å²) in [5, 5.41) is 9.75. The average molecular weight is 228 g/mol. The molecule has 86 valence electrons. The second-order valence-electron chi connectivity index (χ2n) is 4.08. The van der Waals surface area contributed by atoms with Crippen LogP contribution in [0.3, 0.4) is 0 Å². The quantitative estimate of drug-likeness (QED) is 0.701. The van der Waals surface area contributed by atoms with Crippen LogP contribution in [-0.2, 0) is 0 Å². The van der Waals surface area contributed by atoms with Crippen LogP contribution in [0.1, 0.15) is 11.1 Å². The van der Waals surface area contributed by atoms with Crippen molar-refractivity contribution in [2.45, 2.75) is 6.92 Å². The van der Waals surface area contributed by atoms with Crippen molar-refractivity contribution >= 4 is 16.7 Å². The summed E-state index contributed by atoms with van der Waals surface area (Å²) in [5.74, 6) is 0. The highest BCUT2D eigenvalue weighted by molar-refractivity contribution is 5.86. The summed E-state index contributed by atoms with van der Waals surface area (Å²) < 4.78 is 5.19. The number of nitriles is 1. The molecule has 0 aliphatic heterocycles. The molecule has 0 aliphatic carbocycles. The number of nitrogens with zero attached hydrogens (tertiary/aromatic N) is 2. The minimum Gasteiger partial charge on any atom is -0.422 e. The molecule has 0 radical (unpaired) electrons. The van der Waals surface area contributed by atoms with E-state index in [1.807, 2.05) is 25.1 Å². The third-order valence-corrected chi connectivity index (χ3v) is 2.75. The molecule has 1 aromatic carbocycles. The summed E-state index contributed by atoms with van der Waals surface area (Å²) in [7, 11) is 3.80. The number of anilines is 1. The van der Waals surface area contributed by atoms with Crippen molar-refractivity contribution < 1.29 is 4.42 Å². The highest BCUT2D eigenvalue weighted by atomic mass is 16.4. The Balaban J connectivity index is 2.87. The van der Waals surface area contributed by atoms with Gasteiger partial charge < -0.3 is 9.32 Å². The van der Waals surface area contributed by atoms with E-state index in [1.165, 1.54) is 0 Å². The summed E-state index contributed by atoms with van der Waals surface area (Å²) in [6, 6.07) is 7.51. The molecule has 0 aliphatic rings. The Morgan fingerprint density at radius 1 is 1.35 bits per heavy atom. The van der Waals surface area contributed by atoms with Crippen LogP contribution in [0.2, 0.25) is 0 Å². The molecule has 2 aromatic rings. The van der Waals surface area contributed by atoms with Crippen LogP contribution in [0.15, 0.2) is 27.4 Å². The van der Waals surface area contributed by atoms with Gasteiger partial charge in [-0.3, -0.25) is 0 Å². The summed E-state index contributed by atoms with van der Waals surface area (Å²) in [6.07, 6.45) is 0. The van der Waals surface area contributed by atoms with Gasteiger partial charge in [-0.2, -0.15) is 5.26 Å². The smallest absolute Gasteiger partial charge is 0.340 e. The molecule has 2 rings (SSSR count). The van der Waals surface area contributed by atoms with Gasteiger partial charge in [0, 0.05) is 31.2 Å². The molecule has 0 amide bonds. The van der Waals surface area contributed by atoms with Crippen LogP contribution in [-0.4, -0.2) is 14.1 Å². The fourth-order valence-electron chi connectivity index (χ4n) is 1.70. The summed E-state index contributed by atoms with van der Waals surface area (Å²) in [4.78, 5) is 13.5. The van der Waals surface area contributed by atoms with Crippen LogP contribution in [0, 0.1) is 18.3 Å². The third-order valence-electron chi connectivity index (χ3n) is 2.75. The van der Waals surface area contributed by atoms with Gasteiger partial charge in [-0.25, -0.2) is 4.79 Å². The maximum atomic E-state index is 11.6. The van der Waals surface area contributed by atoms with E-state index < -0.39 is 5.63 Å². The van der Waals surface area contributed by atoms with Crippen molar-refractivity contribution in [2.75, 3.05) is 19.0 Å². The number of hydrogen-bond donors (Lipinski definition) is 0. The Morgan fingerprint density at radius 3 is 2.65 bits per heavy atom. The van der Waals surface area contributed by atoms with Gasteiger partial charge in [-0.05, 0) is 19.1 Å².